The number of fused-ring (bicyclic) bond motifs is 1. The lowest BCUT2D eigenvalue weighted by Crippen LogP contribution is -2.18. The van der Waals surface area contributed by atoms with Crippen LogP contribution in [0.1, 0.15) is 45.1 Å². The van der Waals surface area contributed by atoms with E-state index in [1.54, 1.807) is 0 Å². The molecule has 0 fully saturated rings. The molecule has 140 valence electrons. The molecule has 3 heteroatoms. The van der Waals surface area contributed by atoms with E-state index in [1.807, 2.05) is 0 Å². The van der Waals surface area contributed by atoms with E-state index in [-0.39, 0.29) is 0 Å². The third-order valence-corrected chi connectivity index (χ3v) is 6.81. The van der Waals surface area contributed by atoms with Crippen LogP contribution in [0.4, 0.5) is 0 Å². The van der Waals surface area contributed by atoms with Crippen LogP contribution in [0.3, 0.4) is 0 Å². The maximum absolute atomic E-state index is 2.56. The topological polar surface area (TPSA) is 8.17 Å². The Bertz CT molecular complexity index is 632. The van der Waals surface area contributed by atoms with Gasteiger partial charge in [0.2, 0.25) is 0 Å². The quantitative estimate of drug-likeness (QED) is 0.298. The monoisotopic (exact) mass is 454 g/mol. The summed E-state index contributed by atoms with van der Waals surface area (Å²) in [6.07, 6.45) is 8.86. The number of benzene rings is 1. The molecule has 2 rings (SSSR count). The van der Waals surface area contributed by atoms with Crippen LogP contribution in [-0.4, -0.2) is 34.5 Å². The zero-order valence-corrected chi connectivity index (χ0v) is 18.6. The highest BCUT2D eigenvalue weighted by Gasteiger charge is 2.17. The highest BCUT2D eigenvalue weighted by Crippen LogP contribution is 2.28. The molecule has 1 aromatic heterocycles. The summed E-state index contributed by atoms with van der Waals surface area (Å²) in [5.74, 6) is 1.68. The van der Waals surface area contributed by atoms with Crippen LogP contribution in [0.25, 0.3) is 10.9 Å². The SMILES string of the molecule is CCCC[C@@H](CCc1cccc2ccn(CCN(C)C)c12)[C@@H](C)CI. The zero-order chi connectivity index (χ0) is 18.2. The molecule has 25 heavy (non-hydrogen) atoms. The van der Waals surface area contributed by atoms with E-state index >= 15 is 0 Å². The number of rotatable bonds is 11. The highest BCUT2D eigenvalue weighted by atomic mass is 127. The minimum atomic E-state index is 0.826. The Morgan fingerprint density at radius 2 is 1.96 bits per heavy atom. The first-order valence-electron chi connectivity index (χ1n) is 9.84. The van der Waals surface area contributed by atoms with Crippen molar-refractivity contribution >= 4 is 33.5 Å². The molecule has 0 saturated carbocycles. The highest BCUT2D eigenvalue weighted by molar-refractivity contribution is 14.1. The van der Waals surface area contributed by atoms with Crippen LogP contribution in [0.2, 0.25) is 0 Å². The van der Waals surface area contributed by atoms with E-state index in [9.17, 15) is 0 Å². The number of aromatic nitrogens is 1. The molecule has 0 radical (unpaired) electrons. The van der Waals surface area contributed by atoms with Crippen molar-refractivity contribution < 1.29 is 0 Å². The Morgan fingerprint density at radius 3 is 2.64 bits per heavy atom. The van der Waals surface area contributed by atoms with Gasteiger partial charge >= 0.3 is 0 Å². The van der Waals surface area contributed by atoms with Crippen LogP contribution >= 0.6 is 22.6 Å². The van der Waals surface area contributed by atoms with Gasteiger partial charge in [0.1, 0.15) is 0 Å². The van der Waals surface area contributed by atoms with Crippen LogP contribution in [0.15, 0.2) is 30.5 Å². The Morgan fingerprint density at radius 1 is 1.16 bits per heavy atom. The largest absolute Gasteiger partial charge is 0.346 e. The summed E-state index contributed by atoms with van der Waals surface area (Å²) in [5.41, 5.74) is 2.99. The molecule has 0 aliphatic heterocycles. The van der Waals surface area contributed by atoms with Crippen molar-refractivity contribution in [3.05, 3.63) is 36.0 Å². The first-order valence-corrected chi connectivity index (χ1v) is 11.4. The molecular formula is C22H35IN2. The van der Waals surface area contributed by atoms with Gasteiger partial charge in [0.15, 0.2) is 0 Å². The molecule has 2 nitrogen and oxygen atoms in total. The minimum Gasteiger partial charge on any atom is -0.346 e. The van der Waals surface area contributed by atoms with Gasteiger partial charge in [-0.05, 0) is 55.8 Å². The van der Waals surface area contributed by atoms with Crippen LogP contribution in [0, 0.1) is 11.8 Å². The summed E-state index contributed by atoms with van der Waals surface area (Å²) < 4.78 is 3.73. The fraction of sp³-hybridized carbons (Fsp3) is 0.636. The second-order valence-electron chi connectivity index (χ2n) is 7.74. The number of para-hydroxylation sites is 1. The van der Waals surface area contributed by atoms with Crippen molar-refractivity contribution in [3.8, 4) is 0 Å². The van der Waals surface area contributed by atoms with Gasteiger partial charge in [0.05, 0.1) is 5.52 Å². The third-order valence-electron chi connectivity index (χ3n) is 5.42. The van der Waals surface area contributed by atoms with Crippen LogP contribution < -0.4 is 0 Å². The summed E-state index contributed by atoms with van der Waals surface area (Å²) in [6, 6.07) is 9.11. The predicted molar refractivity (Wildman–Crippen MR) is 120 cm³/mol. The normalized spacial score (nSPS) is 14.3. The minimum absolute atomic E-state index is 0.826. The van der Waals surface area contributed by atoms with Crippen LogP contribution in [0.5, 0.6) is 0 Å². The Balaban J connectivity index is 2.14. The molecular weight excluding hydrogens is 419 g/mol. The van der Waals surface area contributed by atoms with Crippen LogP contribution in [-0.2, 0) is 13.0 Å². The van der Waals surface area contributed by atoms with Gasteiger partial charge in [-0.3, -0.25) is 0 Å². The van der Waals surface area contributed by atoms with E-state index in [0.717, 1.165) is 24.9 Å². The van der Waals surface area contributed by atoms with E-state index in [1.165, 1.54) is 53.0 Å². The van der Waals surface area contributed by atoms with E-state index < -0.39 is 0 Å². The number of hydrogen-bond donors (Lipinski definition) is 0. The van der Waals surface area contributed by atoms with Crippen molar-refractivity contribution in [2.75, 3.05) is 25.1 Å². The molecule has 1 aromatic carbocycles. The van der Waals surface area contributed by atoms with Gasteiger partial charge in [0, 0.05) is 23.7 Å². The van der Waals surface area contributed by atoms with Crippen molar-refractivity contribution in [1.29, 1.82) is 0 Å². The van der Waals surface area contributed by atoms with Gasteiger partial charge in [-0.1, -0.05) is 73.9 Å². The molecule has 0 aliphatic carbocycles. The van der Waals surface area contributed by atoms with E-state index in [2.05, 4.69) is 90.5 Å². The number of nitrogens with zero attached hydrogens (tertiary/aromatic N) is 2. The first-order chi connectivity index (χ1) is 12.1. The van der Waals surface area contributed by atoms with E-state index in [0.29, 0.717) is 0 Å². The number of halogens is 1. The van der Waals surface area contributed by atoms with Crippen molar-refractivity contribution in [3.63, 3.8) is 0 Å². The van der Waals surface area contributed by atoms with Crippen molar-refractivity contribution in [2.24, 2.45) is 11.8 Å². The second kappa shape index (κ2) is 10.6. The lowest BCUT2D eigenvalue weighted by Gasteiger charge is -2.23. The average molecular weight is 454 g/mol. The van der Waals surface area contributed by atoms with Gasteiger partial charge in [-0.25, -0.2) is 0 Å². The molecule has 0 spiro atoms. The summed E-state index contributed by atoms with van der Waals surface area (Å²) >= 11 is 2.56. The first kappa shape index (κ1) is 20.8. The number of alkyl halides is 1. The standard InChI is InChI=1S/C22H35IN2/c1-5-6-8-19(18(2)17-23)11-12-20-9-7-10-21-13-14-25(22(20)21)16-15-24(3)4/h7,9-10,13-14,18-19H,5-6,8,11-12,15-17H2,1-4H3/t18-,19-/m0/s1. The van der Waals surface area contributed by atoms with Crippen molar-refractivity contribution in [2.45, 2.75) is 52.5 Å². The number of unbranched alkanes of at least 4 members (excludes halogenated alkanes) is 1. The van der Waals surface area contributed by atoms with Gasteiger partial charge in [0.25, 0.3) is 0 Å². The second-order valence-corrected chi connectivity index (χ2v) is 8.62. The zero-order valence-electron chi connectivity index (χ0n) is 16.5. The van der Waals surface area contributed by atoms with Gasteiger partial charge < -0.3 is 9.47 Å². The maximum Gasteiger partial charge on any atom is 0.0513 e. The number of aryl methyl sites for hydroxylation is 1. The average Bonchev–Trinajstić information content (AvgIpc) is 3.03. The smallest absolute Gasteiger partial charge is 0.0513 e. The molecule has 0 bridgehead atoms. The molecule has 0 N–H and O–H groups in total. The molecule has 0 unspecified atom stereocenters. The fourth-order valence-electron chi connectivity index (χ4n) is 3.68. The number of likely N-dealkylation sites (N-methyl/N-ethyl adjacent to an activating group) is 1. The molecule has 1 heterocycles. The summed E-state index contributed by atoms with van der Waals surface area (Å²) in [7, 11) is 4.30. The Labute approximate surface area is 168 Å². The summed E-state index contributed by atoms with van der Waals surface area (Å²) in [5, 5.41) is 1.39. The van der Waals surface area contributed by atoms with E-state index in [4.69, 9.17) is 0 Å². The lowest BCUT2D eigenvalue weighted by atomic mass is 9.85. The predicted octanol–water partition coefficient (Wildman–Crippen LogP) is 6.01. The summed E-state index contributed by atoms with van der Waals surface area (Å²) in [6.45, 7) is 6.90. The van der Waals surface area contributed by atoms with Gasteiger partial charge in [-0.15, -0.1) is 0 Å². The molecule has 0 aliphatic rings. The Kier molecular flexibility index (Phi) is 8.77. The maximum atomic E-state index is 2.56. The number of hydrogen-bond acceptors (Lipinski definition) is 1. The molecule has 2 atom stereocenters. The molecule has 0 amide bonds. The lowest BCUT2D eigenvalue weighted by molar-refractivity contribution is 0.336. The van der Waals surface area contributed by atoms with Gasteiger partial charge in [-0.2, -0.15) is 0 Å². The summed E-state index contributed by atoms with van der Waals surface area (Å²) in [4.78, 5) is 2.26. The Hall–Kier alpha value is -0.550. The fourth-order valence-corrected chi connectivity index (χ4v) is 4.40. The third kappa shape index (κ3) is 5.99. The van der Waals surface area contributed by atoms with Crippen molar-refractivity contribution in [1.82, 2.24) is 9.47 Å². The molecule has 0 saturated heterocycles. The molecule has 2 aromatic rings.